The van der Waals surface area contributed by atoms with Crippen molar-refractivity contribution in [3.63, 3.8) is 0 Å². The normalized spacial score (nSPS) is 14.5. The molecule has 0 radical (unpaired) electrons. The highest BCUT2D eigenvalue weighted by Crippen LogP contribution is 2.48. The van der Waals surface area contributed by atoms with Crippen LogP contribution in [0.5, 0.6) is 23.0 Å². The number of benzene rings is 7. The van der Waals surface area contributed by atoms with Crippen molar-refractivity contribution in [2.75, 3.05) is 0 Å². The summed E-state index contributed by atoms with van der Waals surface area (Å²) in [5, 5.41) is 5.12. The molecule has 13 rings (SSSR count). The fourth-order valence-corrected chi connectivity index (χ4v) is 12.1. The van der Waals surface area contributed by atoms with E-state index in [-0.39, 0.29) is 12.0 Å². The van der Waals surface area contributed by atoms with Crippen LogP contribution >= 0.6 is 23.2 Å². The summed E-state index contributed by atoms with van der Waals surface area (Å²) >= 11 is 3.89. The predicted octanol–water partition coefficient (Wildman–Crippen LogP) is 8.82. The largest absolute Gasteiger partial charge is 0.458 e. The van der Waals surface area contributed by atoms with Crippen molar-refractivity contribution >= 4 is 101 Å². The summed E-state index contributed by atoms with van der Waals surface area (Å²) in [6, 6.07) is 46.6. The van der Waals surface area contributed by atoms with Crippen LogP contribution in [0.2, 0.25) is 0 Å². The zero-order valence-corrected chi connectivity index (χ0v) is 28.9. The van der Waals surface area contributed by atoms with Gasteiger partial charge in [-0.1, -0.05) is 78.9 Å². The summed E-state index contributed by atoms with van der Waals surface area (Å²) in [6.07, 6.45) is 0. The van der Waals surface area contributed by atoms with E-state index in [1.165, 1.54) is 86.6 Å². The van der Waals surface area contributed by atoms with E-state index in [9.17, 15) is 0 Å². The second-order valence-electron chi connectivity index (χ2n) is 13.9. The molecule has 0 aliphatic carbocycles. The Hall–Kier alpha value is -5.43. The third-order valence-corrected chi connectivity index (χ3v) is 14.0. The minimum atomic E-state index is 0.0433. The van der Waals surface area contributed by atoms with Gasteiger partial charge in [0.15, 0.2) is 0 Å². The second-order valence-corrected chi connectivity index (χ2v) is 16.2. The lowest BCUT2D eigenvalue weighted by molar-refractivity contribution is 0.459. The first-order valence-corrected chi connectivity index (χ1v) is 19.2. The molecular formula is C43H24B2N2O2S2. The van der Waals surface area contributed by atoms with Gasteiger partial charge in [-0.2, -0.15) is 23.2 Å². The summed E-state index contributed by atoms with van der Waals surface area (Å²) in [4.78, 5) is 2.56. The molecule has 51 heavy (non-hydrogen) atoms. The van der Waals surface area contributed by atoms with Crippen molar-refractivity contribution < 1.29 is 9.47 Å². The number of ether oxygens (including phenoxy) is 2. The Bertz CT molecular complexity index is 2890. The quantitative estimate of drug-likeness (QED) is 0.149. The summed E-state index contributed by atoms with van der Waals surface area (Å²) in [5.41, 5.74) is 13.3. The number of nitrogens with zero attached hydrogens (tertiary/aromatic N) is 2. The van der Waals surface area contributed by atoms with Gasteiger partial charge in [-0.05, 0) is 66.4 Å². The SMILES string of the molecule is Cc1c2c(cc3c1Oc1cccc4c1B3Sc1cccc3c5ccccc5n-4c13)B1Sc3cccc4c5ccccc5n(c34)-c3cccc(c31)O2. The fourth-order valence-electron chi connectivity index (χ4n) is 9.35. The van der Waals surface area contributed by atoms with Gasteiger partial charge in [0.05, 0.1) is 22.1 Å². The van der Waals surface area contributed by atoms with Gasteiger partial charge >= 0.3 is 0 Å². The van der Waals surface area contributed by atoms with Crippen LogP contribution in [0.4, 0.5) is 0 Å². The molecule has 4 nitrogen and oxygen atoms in total. The first-order chi connectivity index (χ1) is 25.2. The molecule has 4 aliphatic heterocycles. The van der Waals surface area contributed by atoms with Crippen molar-refractivity contribution in [2.24, 2.45) is 0 Å². The minimum Gasteiger partial charge on any atom is -0.458 e. The van der Waals surface area contributed by atoms with Gasteiger partial charge in [0.2, 0.25) is 0 Å². The van der Waals surface area contributed by atoms with Crippen LogP contribution in [-0.4, -0.2) is 21.1 Å². The molecule has 7 aromatic carbocycles. The van der Waals surface area contributed by atoms with Gasteiger partial charge in [-0.3, -0.25) is 0 Å². The second kappa shape index (κ2) is 9.46. The molecule has 0 atom stereocenters. The lowest BCUT2D eigenvalue weighted by Gasteiger charge is -2.33. The Balaban J connectivity index is 1.07. The highest BCUT2D eigenvalue weighted by molar-refractivity contribution is 8.28. The Kier molecular flexibility index (Phi) is 5.07. The van der Waals surface area contributed by atoms with Crippen LogP contribution in [0.3, 0.4) is 0 Å². The Morgan fingerprint density at radius 1 is 0.490 bits per heavy atom. The molecular weight excluding hydrogens is 662 g/mol. The Morgan fingerprint density at radius 3 is 1.45 bits per heavy atom. The van der Waals surface area contributed by atoms with Crippen molar-refractivity contribution in [1.82, 2.24) is 9.13 Å². The van der Waals surface area contributed by atoms with Crippen LogP contribution in [0.15, 0.2) is 137 Å². The molecule has 2 aromatic heterocycles. The number of rotatable bonds is 0. The molecule has 0 N–H and O–H groups in total. The van der Waals surface area contributed by atoms with Gasteiger partial charge in [-0.15, -0.1) is 0 Å². The molecule has 0 amide bonds. The van der Waals surface area contributed by atoms with E-state index in [0.717, 1.165) is 28.6 Å². The van der Waals surface area contributed by atoms with Crippen LogP contribution in [0.1, 0.15) is 5.56 Å². The van der Waals surface area contributed by atoms with Crippen molar-refractivity contribution in [2.45, 2.75) is 16.7 Å². The molecule has 6 heterocycles. The third-order valence-electron chi connectivity index (χ3n) is 11.4. The maximum Gasteiger partial charge on any atom is 0.291 e. The topological polar surface area (TPSA) is 28.3 Å². The zero-order chi connectivity index (χ0) is 33.1. The number of hydrogen-bond donors (Lipinski definition) is 0. The van der Waals surface area contributed by atoms with E-state index >= 15 is 0 Å². The van der Waals surface area contributed by atoms with Gasteiger partial charge in [0, 0.05) is 59.2 Å². The Labute approximate surface area is 301 Å². The van der Waals surface area contributed by atoms with Gasteiger partial charge in [0.25, 0.3) is 12.0 Å². The molecule has 0 saturated heterocycles. The molecule has 0 spiro atoms. The molecule has 236 valence electrons. The van der Waals surface area contributed by atoms with Gasteiger partial charge in [-0.25, -0.2) is 0 Å². The standard InChI is InChI=1S/C43H24B2N2O2S2/c1-23-42-28(44-38-32(16-8-18-34(38)48-42)46-30-14-4-2-10-24(30)26-12-6-20-36(50-44)40(26)46)22-29-43(23)49-35-19-9-17-33-39(35)45(29)51-37-21-7-13-27-25-11-3-5-15-31(25)47(33)41(27)37/h2-22H,1H3. The lowest BCUT2D eigenvalue weighted by Crippen LogP contribution is -2.51. The monoisotopic (exact) mass is 686 g/mol. The minimum absolute atomic E-state index is 0.0433. The molecule has 0 unspecified atom stereocenters. The van der Waals surface area contributed by atoms with E-state index in [2.05, 4.69) is 143 Å². The van der Waals surface area contributed by atoms with E-state index in [4.69, 9.17) is 9.47 Å². The zero-order valence-electron chi connectivity index (χ0n) is 27.3. The van der Waals surface area contributed by atoms with Crippen molar-refractivity contribution in [3.05, 3.63) is 133 Å². The fraction of sp³-hybridized carbons (Fsp3) is 0.0233. The lowest BCUT2D eigenvalue weighted by atomic mass is 9.53. The average Bonchev–Trinajstić information content (AvgIpc) is 3.57. The van der Waals surface area contributed by atoms with Crippen molar-refractivity contribution in [3.8, 4) is 34.4 Å². The summed E-state index contributed by atoms with van der Waals surface area (Å²) < 4.78 is 18.9. The van der Waals surface area contributed by atoms with Crippen LogP contribution in [-0.2, 0) is 0 Å². The van der Waals surface area contributed by atoms with Gasteiger partial charge in [0.1, 0.15) is 23.0 Å². The summed E-state index contributed by atoms with van der Waals surface area (Å²) in [5.74, 6) is 3.75. The maximum atomic E-state index is 6.99. The molecule has 8 heteroatoms. The number of fused-ring (bicyclic) bond motifs is 12. The summed E-state index contributed by atoms with van der Waals surface area (Å²) in [6.45, 7) is 2.18. The smallest absolute Gasteiger partial charge is 0.291 e. The highest BCUT2D eigenvalue weighted by Gasteiger charge is 2.44. The van der Waals surface area contributed by atoms with E-state index in [0.29, 0.717) is 0 Å². The number of hydrogen-bond acceptors (Lipinski definition) is 4. The average molecular weight is 686 g/mol. The third kappa shape index (κ3) is 3.29. The first-order valence-electron chi connectivity index (χ1n) is 17.4. The first kappa shape index (κ1) is 27.3. The van der Waals surface area contributed by atoms with E-state index in [1.807, 2.05) is 23.2 Å². The van der Waals surface area contributed by atoms with E-state index < -0.39 is 0 Å². The molecule has 0 bridgehead atoms. The number of aromatic nitrogens is 2. The molecule has 4 aliphatic rings. The molecule has 0 fully saturated rings. The van der Waals surface area contributed by atoms with Gasteiger partial charge < -0.3 is 18.6 Å². The van der Waals surface area contributed by atoms with Crippen LogP contribution < -0.4 is 31.3 Å². The van der Waals surface area contributed by atoms with Crippen LogP contribution in [0.25, 0.3) is 55.0 Å². The highest BCUT2D eigenvalue weighted by atomic mass is 32.2. The molecule has 9 aromatic rings. The van der Waals surface area contributed by atoms with E-state index in [1.54, 1.807) is 0 Å². The molecule has 0 saturated carbocycles. The van der Waals surface area contributed by atoms with Crippen LogP contribution in [0, 0.1) is 6.92 Å². The predicted molar refractivity (Wildman–Crippen MR) is 215 cm³/mol. The maximum absolute atomic E-state index is 6.99. The summed E-state index contributed by atoms with van der Waals surface area (Å²) in [7, 11) is 0. The Morgan fingerprint density at radius 2 is 0.941 bits per heavy atom. The van der Waals surface area contributed by atoms with Crippen molar-refractivity contribution in [1.29, 1.82) is 0 Å². The number of para-hydroxylation sites is 4.